The Labute approximate surface area is 115 Å². The summed E-state index contributed by atoms with van der Waals surface area (Å²) in [5, 5.41) is 0. The summed E-state index contributed by atoms with van der Waals surface area (Å²) in [6.07, 6.45) is 12.0. The molecule has 0 heterocycles. The third kappa shape index (κ3) is 5.11. The van der Waals surface area contributed by atoms with Gasteiger partial charge in [-0.3, -0.25) is 0 Å². The van der Waals surface area contributed by atoms with Gasteiger partial charge in [0.05, 0.1) is 0 Å². The van der Waals surface area contributed by atoms with Gasteiger partial charge in [0.25, 0.3) is 0 Å². The van der Waals surface area contributed by atoms with Gasteiger partial charge in [0.1, 0.15) is 0 Å². The van der Waals surface area contributed by atoms with Crippen molar-refractivity contribution in [3.63, 3.8) is 0 Å². The van der Waals surface area contributed by atoms with Crippen LogP contribution in [0.4, 0.5) is 4.79 Å². The molecule has 0 spiro atoms. The maximum absolute atomic E-state index is 12.1. The van der Waals surface area contributed by atoms with Crippen LogP contribution in [-0.2, 0) is 0 Å². The first-order valence-electron chi connectivity index (χ1n) is 5.66. The molecule has 0 bridgehead atoms. The van der Waals surface area contributed by atoms with E-state index in [4.69, 9.17) is 12.8 Å². The number of nitrogens with zero attached hydrogens (tertiary/aromatic N) is 1. The van der Waals surface area contributed by atoms with Crippen LogP contribution in [0.5, 0.6) is 0 Å². The van der Waals surface area contributed by atoms with Gasteiger partial charge < -0.3 is 0 Å². The second kappa shape index (κ2) is 8.42. The van der Waals surface area contributed by atoms with E-state index in [1.807, 2.05) is 30.3 Å². The molecule has 0 aliphatic carbocycles. The van der Waals surface area contributed by atoms with Crippen molar-refractivity contribution in [2.75, 3.05) is 13.1 Å². The number of benzene rings is 1. The number of amides is 1. The van der Waals surface area contributed by atoms with E-state index in [1.165, 1.54) is 0 Å². The number of carbonyl (C=O) groups excluding carboxylic acids is 1. The molecule has 1 aromatic carbocycles. The van der Waals surface area contributed by atoms with E-state index in [2.05, 4.69) is 11.8 Å². The van der Waals surface area contributed by atoms with Crippen LogP contribution in [0.15, 0.2) is 30.3 Å². The first kappa shape index (κ1) is 14.4. The van der Waals surface area contributed by atoms with Crippen molar-refractivity contribution in [1.82, 2.24) is 4.90 Å². The van der Waals surface area contributed by atoms with Gasteiger partial charge in [0, 0.05) is 0 Å². The predicted octanol–water partition coefficient (Wildman–Crippen LogP) is 1.48. The zero-order valence-electron chi connectivity index (χ0n) is 10.1. The fourth-order valence-electron chi connectivity index (χ4n) is 1.37. The number of unbranched alkanes of at least 4 members (excludes halogenated alkanes) is 1. The zero-order chi connectivity index (χ0) is 13.2. The molecule has 18 heavy (non-hydrogen) atoms. The van der Waals surface area contributed by atoms with Gasteiger partial charge in [-0.2, -0.15) is 0 Å². The van der Waals surface area contributed by atoms with E-state index in [1.54, 1.807) is 4.90 Å². The Hall–Kier alpha value is -1.67. The molecule has 0 aliphatic rings. The summed E-state index contributed by atoms with van der Waals surface area (Å²) in [6, 6.07) is 9.75. The number of hydrogen-bond acceptors (Lipinski definition) is 1. The molecule has 0 saturated heterocycles. The van der Waals surface area contributed by atoms with Gasteiger partial charge in [-0.25, -0.2) is 0 Å². The van der Waals surface area contributed by atoms with Gasteiger partial charge in [-0.15, -0.1) is 0 Å². The Morgan fingerprint density at radius 2 is 1.94 bits per heavy atom. The third-order valence-electron chi connectivity index (χ3n) is 2.24. The normalized spacial score (nSPS) is 9.22. The van der Waals surface area contributed by atoms with E-state index in [0.717, 1.165) is 10.9 Å². The van der Waals surface area contributed by atoms with Crippen molar-refractivity contribution in [2.24, 2.45) is 0 Å². The molecule has 0 fully saturated rings. The topological polar surface area (TPSA) is 20.3 Å². The standard InChI is InChI=1S/C15H15NOSe/c1-3-5-9-13-16(12-4-2)15(17)18-14-10-7-6-8-11-14/h1-2,6-8,10-11H,5,9,12-13H2. The van der Waals surface area contributed by atoms with Gasteiger partial charge in [0.15, 0.2) is 0 Å². The number of hydrogen-bond donors (Lipinski definition) is 0. The van der Waals surface area contributed by atoms with Crippen LogP contribution in [0.1, 0.15) is 12.8 Å². The number of carbonyl (C=O) groups is 1. The fourth-order valence-corrected chi connectivity index (χ4v) is 3.01. The van der Waals surface area contributed by atoms with Crippen molar-refractivity contribution in [3.05, 3.63) is 30.3 Å². The molecule has 1 rings (SSSR count). The summed E-state index contributed by atoms with van der Waals surface area (Å²) in [5.74, 6) is 5.09. The molecule has 1 aromatic rings. The van der Waals surface area contributed by atoms with Crippen molar-refractivity contribution < 1.29 is 4.79 Å². The van der Waals surface area contributed by atoms with Gasteiger partial charge in [-0.1, -0.05) is 0 Å². The molecular formula is C15H15NOSe. The summed E-state index contributed by atoms with van der Waals surface area (Å²) in [4.78, 5) is 13.9. The predicted molar refractivity (Wildman–Crippen MR) is 75.7 cm³/mol. The Balaban J connectivity index is 2.55. The Morgan fingerprint density at radius 3 is 2.56 bits per heavy atom. The van der Waals surface area contributed by atoms with Crippen molar-refractivity contribution in [2.45, 2.75) is 12.8 Å². The Bertz CT molecular complexity index is 456. The van der Waals surface area contributed by atoms with E-state index in [9.17, 15) is 4.79 Å². The average molecular weight is 304 g/mol. The second-order valence-corrected chi connectivity index (χ2v) is 5.76. The summed E-state index contributed by atoms with van der Waals surface area (Å²) < 4.78 is 1.06. The van der Waals surface area contributed by atoms with Crippen molar-refractivity contribution in [3.8, 4) is 24.7 Å². The fraction of sp³-hybridized carbons (Fsp3) is 0.267. The van der Waals surface area contributed by atoms with Gasteiger partial charge in [0.2, 0.25) is 0 Å². The monoisotopic (exact) mass is 305 g/mol. The molecule has 0 radical (unpaired) electrons. The van der Waals surface area contributed by atoms with Crippen LogP contribution in [-0.4, -0.2) is 37.8 Å². The third-order valence-corrected chi connectivity index (χ3v) is 4.21. The van der Waals surface area contributed by atoms with E-state index >= 15 is 0 Å². The number of terminal acetylenes is 2. The average Bonchev–Trinajstić information content (AvgIpc) is 2.39. The molecule has 0 N–H and O–H groups in total. The van der Waals surface area contributed by atoms with E-state index in [-0.39, 0.29) is 19.8 Å². The molecule has 0 atom stereocenters. The first-order valence-corrected chi connectivity index (χ1v) is 7.38. The molecule has 2 nitrogen and oxygen atoms in total. The van der Waals surface area contributed by atoms with Crippen LogP contribution < -0.4 is 4.46 Å². The molecule has 0 aliphatic heterocycles. The van der Waals surface area contributed by atoms with E-state index < -0.39 is 0 Å². The van der Waals surface area contributed by atoms with E-state index in [0.29, 0.717) is 19.5 Å². The molecular weight excluding hydrogens is 289 g/mol. The van der Waals surface area contributed by atoms with Crippen LogP contribution >= 0.6 is 0 Å². The summed E-state index contributed by atoms with van der Waals surface area (Å²) in [7, 11) is 0. The second-order valence-electron chi connectivity index (χ2n) is 3.61. The molecule has 0 saturated carbocycles. The molecule has 92 valence electrons. The maximum atomic E-state index is 12.1. The molecule has 3 heteroatoms. The first-order chi connectivity index (χ1) is 8.77. The SMILES string of the molecule is C#CCCCN(CC#C)C(=O)[Se]c1ccccc1. The summed E-state index contributed by atoms with van der Waals surface area (Å²) in [6.45, 7) is 1.000. The van der Waals surface area contributed by atoms with Crippen LogP contribution in [0.2, 0.25) is 0 Å². The quantitative estimate of drug-likeness (QED) is 0.443. The van der Waals surface area contributed by atoms with Gasteiger partial charge >= 0.3 is 115 Å². The molecule has 0 aromatic heterocycles. The van der Waals surface area contributed by atoms with Crippen LogP contribution in [0.3, 0.4) is 0 Å². The van der Waals surface area contributed by atoms with Crippen LogP contribution in [0.25, 0.3) is 0 Å². The summed E-state index contributed by atoms with van der Waals surface area (Å²) in [5.41, 5.74) is 0. The Kier molecular flexibility index (Phi) is 6.74. The van der Waals surface area contributed by atoms with Crippen LogP contribution in [0, 0.1) is 24.7 Å². The minimum atomic E-state index is -0.214. The van der Waals surface area contributed by atoms with Crippen molar-refractivity contribution >= 4 is 24.2 Å². The summed E-state index contributed by atoms with van der Waals surface area (Å²) >= 11 is -0.214. The van der Waals surface area contributed by atoms with Crippen molar-refractivity contribution in [1.29, 1.82) is 0 Å². The zero-order valence-corrected chi connectivity index (χ0v) is 11.8. The minimum absolute atomic E-state index is 0.115. The van der Waals surface area contributed by atoms with Gasteiger partial charge in [-0.05, 0) is 0 Å². The molecule has 0 unspecified atom stereocenters. The number of rotatable bonds is 6. The Morgan fingerprint density at radius 1 is 1.22 bits per heavy atom. The molecule has 1 amide bonds.